The second kappa shape index (κ2) is 11.2. The molecule has 0 saturated heterocycles. The standard InChI is InChI=1S/C41H28O/c42-41-39(31-19-9-3-10-20-31)37(35-25-13-23-33(27-35)29-15-5-1-6-16-29)38(40(41)32-21-11-4-12-22-32)36-26-14-24-34(28-36)30-17-7-2-8-18-30/h1-28H. The lowest BCUT2D eigenvalue weighted by molar-refractivity contribution is -0.108. The van der Waals surface area contributed by atoms with Crippen LogP contribution < -0.4 is 0 Å². The lowest BCUT2D eigenvalue weighted by atomic mass is 9.87. The highest BCUT2D eigenvalue weighted by Crippen LogP contribution is 2.50. The van der Waals surface area contributed by atoms with Crippen LogP contribution >= 0.6 is 0 Å². The van der Waals surface area contributed by atoms with E-state index in [-0.39, 0.29) is 5.78 Å². The highest BCUT2D eigenvalue weighted by atomic mass is 16.1. The maximum Gasteiger partial charge on any atom is 0.195 e. The van der Waals surface area contributed by atoms with Crippen LogP contribution in [-0.2, 0) is 4.79 Å². The summed E-state index contributed by atoms with van der Waals surface area (Å²) in [7, 11) is 0. The number of benzene rings is 6. The van der Waals surface area contributed by atoms with Gasteiger partial charge in [-0.05, 0) is 56.6 Å². The normalized spacial score (nSPS) is 13.1. The van der Waals surface area contributed by atoms with Crippen LogP contribution in [0.4, 0.5) is 0 Å². The number of hydrogen-bond donors (Lipinski definition) is 0. The van der Waals surface area contributed by atoms with Crippen molar-refractivity contribution >= 4 is 28.1 Å². The molecule has 0 unspecified atom stereocenters. The van der Waals surface area contributed by atoms with Crippen LogP contribution in [0.5, 0.6) is 0 Å². The Balaban J connectivity index is 1.53. The van der Waals surface area contributed by atoms with E-state index in [0.29, 0.717) is 0 Å². The van der Waals surface area contributed by atoms with E-state index in [2.05, 4.69) is 97.1 Å². The summed E-state index contributed by atoms with van der Waals surface area (Å²) < 4.78 is 0. The Hall–Kier alpha value is -5.53. The van der Waals surface area contributed by atoms with Gasteiger partial charge in [0.15, 0.2) is 5.78 Å². The predicted molar refractivity (Wildman–Crippen MR) is 175 cm³/mol. The zero-order chi connectivity index (χ0) is 28.3. The van der Waals surface area contributed by atoms with E-state index < -0.39 is 0 Å². The highest BCUT2D eigenvalue weighted by molar-refractivity contribution is 6.59. The Kier molecular flexibility index (Phi) is 6.76. The molecule has 0 spiro atoms. The number of Topliss-reactive ketones (excluding diaryl/α,β-unsaturated/α-hetero) is 1. The van der Waals surface area contributed by atoms with Crippen LogP contribution in [0.2, 0.25) is 0 Å². The average molecular weight is 537 g/mol. The molecule has 1 aliphatic rings. The van der Waals surface area contributed by atoms with Crippen molar-refractivity contribution in [3.63, 3.8) is 0 Å². The number of ketones is 1. The van der Waals surface area contributed by atoms with Crippen LogP contribution in [0.15, 0.2) is 170 Å². The minimum absolute atomic E-state index is 0.0487. The first kappa shape index (κ1) is 25.4. The minimum atomic E-state index is 0.0487. The lowest BCUT2D eigenvalue weighted by Gasteiger charge is -2.16. The van der Waals surface area contributed by atoms with E-state index in [1.54, 1.807) is 0 Å². The molecule has 0 bridgehead atoms. The molecule has 198 valence electrons. The van der Waals surface area contributed by atoms with Gasteiger partial charge in [0.25, 0.3) is 0 Å². The van der Waals surface area contributed by atoms with Crippen LogP contribution in [0, 0.1) is 0 Å². The first-order valence-corrected chi connectivity index (χ1v) is 14.2. The molecular weight excluding hydrogens is 508 g/mol. The molecule has 7 rings (SSSR count). The van der Waals surface area contributed by atoms with Crippen LogP contribution in [0.3, 0.4) is 0 Å². The SMILES string of the molecule is O=C1C(c2ccccc2)=C(c2cccc(-c3ccccc3)c2)C(c2cccc(-c3ccccc3)c2)=C1c1ccccc1. The molecule has 0 heterocycles. The van der Waals surface area contributed by atoms with Crippen LogP contribution in [0.25, 0.3) is 44.5 Å². The average Bonchev–Trinajstić information content (AvgIpc) is 3.39. The topological polar surface area (TPSA) is 17.1 Å². The van der Waals surface area contributed by atoms with E-state index >= 15 is 0 Å². The van der Waals surface area contributed by atoms with Gasteiger partial charge in [0.2, 0.25) is 0 Å². The third kappa shape index (κ3) is 4.72. The second-order valence-corrected chi connectivity index (χ2v) is 10.5. The zero-order valence-electron chi connectivity index (χ0n) is 23.1. The molecule has 6 aromatic carbocycles. The van der Waals surface area contributed by atoms with E-state index in [1.165, 1.54) is 0 Å². The summed E-state index contributed by atoms with van der Waals surface area (Å²) in [5, 5.41) is 0. The number of hydrogen-bond acceptors (Lipinski definition) is 1. The predicted octanol–water partition coefficient (Wildman–Crippen LogP) is 10.1. The molecule has 0 aromatic heterocycles. The van der Waals surface area contributed by atoms with Gasteiger partial charge in [-0.25, -0.2) is 0 Å². The summed E-state index contributed by atoms with van der Waals surface area (Å²) in [6.45, 7) is 0. The third-order valence-electron chi connectivity index (χ3n) is 7.85. The zero-order valence-corrected chi connectivity index (χ0v) is 23.1. The Labute approximate surface area is 246 Å². The molecule has 6 aromatic rings. The Morgan fingerprint density at radius 1 is 0.238 bits per heavy atom. The summed E-state index contributed by atoms with van der Waals surface area (Å²) in [5.41, 5.74) is 11.8. The van der Waals surface area contributed by atoms with E-state index in [0.717, 1.165) is 66.8 Å². The molecule has 1 nitrogen and oxygen atoms in total. The summed E-state index contributed by atoms with van der Waals surface area (Å²) >= 11 is 0. The number of allylic oxidation sites excluding steroid dienone is 4. The summed E-state index contributed by atoms with van der Waals surface area (Å²) in [4.78, 5) is 14.7. The van der Waals surface area contributed by atoms with Gasteiger partial charge in [-0.2, -0.15) is 0 Å². The van der Waals surface area contributed by atoms with Gasteiger partial charge in [0, 0.05) is 22.3 Å². The van der Waals surface area contributed by atoms with Crippen molar-refractivity contribution in [3.05, 3.63) is 192 Å². The van der Waals surface area contributed by atoms with E-state index in [4.69, 9.17) is 0 Å². The van der Waals surface area contributed by atoms with Crippen molar-refractivity contribution in [1.29, 1.82) is 0 Å². The largest absolute Gasteiger partial charge is 0.289 e. The van der Waals surface area contributed by atoms with Crippen molar-refractivity contribution in [2.24, 2.45) is 0 Å². The van der Waals surface area contributed by atoms with E-state index in [1.807, 2.05) is 72.8 Å². The Bertz CT molecular complexity index is 1800. The summed E-state index contributed by atoms with van der Waals surface area (Å²) in [5.74, 6) is 0.0487. The molecule has 42 heavy (non-hydrogen) atoms. The Morgan fingerprint density at radius 2 is 0.524 bits per heavy atom. The van der Waals surface area contributed by atoms with Gasteiger partial charge < -0.3 is 0 Å². The van der Waals surface area contributed by atoms with Crippen molar-refractivity contribution < 1.29 is 4.79 Å². The molecule has 0 amide bonds. The van der Waals surface area contributed by atoms with Gasteiger partial charge in [-0.15, -0.1) is 0 Å². The molecule has 0 N–H and O–H groups in total. The quantitative estimate of drug-likeness (QED) is 0.207. The van der Waals surface area contributed by atoms with Gasteiger partial charge >= 0.3 is 0 Å². The Morgan fingerprint density at radius 3 is 0.881 bits per heavy atom. The molecule has 1 aliphatic carbocycles. The van der Waals surface area contributed by atoms with Crippen molar-refractivity contribution in [1.82, 2.24) is 0 Å². The third-order valence-corrected chi connectivity index (χ3v) is 7.85. The lowest BCUT2D eigenvalue weighted by Crippen LogP contribution is -2.01. The smallest absolute Gasteiger partial charge is 0.195 e. The minimum Gasteiger partial charge on any atom is -0.289 e. The maximum atomic E-state index is 14.7. The summed E-state index contributed by atoms with van der Waals surface area (Å²) in [6.07, 6.45) is 0. The molecular formula is C41H28O. The van der Waals surface area contributed by atoms with Crippen LogP contribution in [-0.4, -0.2) is 5.78 Å². The van der Waals surface area contributed by atoms with Gasteiger partial charge in [-0.3, -0.25) is 4.79 Å². The monoisotopic (exact) mass is 536 g/mol. The fourth-order valence-corrected chi connectivity index (χ4v) is 5.91. The van der Waals surface area contributed by atoms with Gasteiger partial charge in [0.05, 0.1) is 0 Å². The summed E-state index contributed by atoms with van der Waals surface area (Å²) in [6, 6.07) is 58.1. The van der Waals surface area contributed by atoms with Crippen molar-refractivity contribution in [2.75, 3.05) is 0 Å². The van der Waals surface area contributed by atoms with Gasteiger partial charge in [-0.1, -0.05) is 158 Å². The molecule has 0 atom stereocenters. The maximum absolute atomic E-state index is 14.7. The second-order valence-electron chi connectivity index (χ2n) is 10.5. The molecule has 0 radical (unpaired) electrons. The first-order valence-electron chi connectivity index (χ1n) is 14.2. The fraction of sp³-hybridized carbons (Fsp3) is 0. The molecule has 0 aliphatic heterocycles. The molecule has 0 saturated carbocycles. The molecule has 0 fully saturated rings. The van der Waals surface area contributed by atoms with Crippen molar-refractivity contribution in [3.8, 4) is 22.3 Å². The van der Waals surface area contributed by atoms with Crippen LogP contribution in [0.1, 0.15) is 22.3 Å². The van der Waals surface area contributed by atoms with Gasteiger partial charge in [0.1, 0.15) is 0 Å². The molecule has 1 heteroatoms. The van der Waals surface area contributed by atoms with E-state index in [9.17, 15) is 4.79 Å². The van der Waals surface area contributed by atoms with Crippen molar-refractivity contribution in [2.45, 2.75) is 0 Å². The number of carbonyl (C=O) groups is 1. The highest BCUT2D eigenvalue weighted by Gasteiger charge is 2.35. The number of rotatable bonds is 6. The number of carbonyl (C=O) groups excluding carboxylic acids is 1. The first-order chi connectivity index (χ1) is 20.8. The fourth-order valence-electron chi connectivity index (χ4n) is 5.91.